The molecule has 104 valence electrons. The first kappa shape index (κ1) is 13.3. The minimum atomic E-state index is 0.748. The molecule has 3 rings (SSSR count). The first-order valence-electron chi connectivity index (χ1n) is 7.11. The monoisotopic (exact) mass is 286 g/mol. The number of benzene rings is 2. The maximum absolute atomic E-state index is 6.09. The van der Waals surface area contributed by atoms with E-state index in [1.54, 1.807) is 0 Å². The fourth-order valence-corrected chi connectivity index (χ4v) is 3.05. The van der Waals surface area contributed by atoms with Gasteiger partial charge in [-0.25, -0.2) is 0 Å². The second-order valence-corrected chi connectivity index (χ2v) is 5.79. The molecular formula is C17H19ClN2. The van der Waals surface area contributed by atoms with Gasteiger partial charge >= 0.3 is 0 Å². The minimum Gasteiger partial charge on any atom is -0.398 e. The van der Waals surface area contributed by atoms with Crippen molar-refractivity contribution in [3.63, 3.8) is 0 Å². The van der Waals surface area contributed by atoms with E-state index in [1.165, 1.54) is 24.1 Å². The van der Waals surface area contributed by atoms with Gasteiger partial charge in [0.05, 0.1) is 0 Å². The molecule has 1 heterocycles. The van der Waals surface area contributed by atoms with Crippen molar-refractivity contribution in [2.24, 2.45) is 0 Å². The number of hydrogen-bond donors (Lipinski definition) is 1. The van der Waals surface area contributed by atoms with Crippen LogP contribution in [-0.4, -0.2) is 6.54 Å². The molecule has 0 aliphatic carbocycles. The van der Waals surface area contributed by atoms with Crippen molar-refractivity contribution in [2.75, 3.05) is 17.2 Å². The van der Waals surface area contributed by atoms with Crippen LogP contribution in [0.15, 0.2) is 42.5 Å². The first-order chi connectivity index (χ1) is 9.74. The zero-order valence-electron chi connectivity index (χ0n) is 11.5. The molecule has 0 unspecified atom stereocenters. The van der Waals surface area contributed by atoms with E-state index in [-0.39, 0.29) is 0 Å². The Morgan fingerprint density at radius 3 is 2.85 bits per heavy atom. The molecule has 0 saturated heterocycles. The molecule has 0 amide bonds. The van der Waals surface area contributed by atoms with E-state index in [2.05, 4.69) is 29.2 Å². The number of para-hydroxylation sites is 1. The van der Waals surface area contributed by atoms with Crippen LogP contribution < -0.4 is 10.6 Å². The van der Waals surface area contributed by atoms with Crippen molar-refractivity contribution in [1.82, 2.24) is 0 Å². The Kier molecular flexibility index (Phi) is 3.83. The quantitative estimate of drug-likeness (QED) is 0.836. The zero-order valence-corrected chi connectivity index (χ0v) is 12.2. The molecule has 0 spiro atoms. The third-order valence-corrected chi connectivity index (χ3v) is 4.16. The summed E-state index contributed by atoms with van der Waals surface area (Å²) < 4.78 is 0. The zero-order chi connectivity index (χ0) is 13.9. The second kappa shape index (κ2) is 5.76. The molecule has 0 saturated carbocycles. The molecule has 1 aliphatic heterocycles. The topological polar surface area (TPSA) is 29.3 Å². The highest BCUT2D eigenvalue weighted by Crippen LogP contribution is 2.29. The highest BCUT2D eigenvalue weighted by atomic mass is 35.5. The number of anilines is 2. The Labute approximate surface area is 125 Å². The van der Waals surface area contributed by atoms with E-state index in [9.17, 15) is 0 Å². The number of aryl methyl sites for hydroxylation is 1. The highest BCUT2D eigenvalue weighted by Gasteiger charge is 2.15. The molecule has 0 aromatic heterocycles. The number of nitrogens with two attached hydrogens (primary N) is 1. The molecule has 20 heavy (non-hydrogen) atoms. The molecule has 3 heteroatoms. The molecule has 2 N–H and O–H groups in total. The van der Waals surface area contributed by atoms with Gasteiger partial charge in [0.1, 0.15) is 0 Å². The van der Waals surface area contributed by atoms with Crippen molar-refractivity contribution in [1.29, 1.82) is 0 Å². The van der Waals surface area contributed by atoms with Crippen LogP contribution in [0.25, 0.3) is 0 Å². The summed E-state index contributed by atoms with van der Waals surface area (Å²) in [5.74, 6) is 0. The molecule has 0 atom stereocenters. The Hall–Kier alpha value is -1.67. The summed E-state index contributed by atoms with van der Waals surface area (Å²) >= 11 is 6.09. The molecule has 2 aromatic carbocycles. The van der Waals surface area contributed by atoms with Crippen LogP contribution in [0.3, 0.4) is 0 Å². The Bertz CT molecular complexity index is 610. The van der Waals surface area contributed by atoms with E-state index >= 15 is 0 Å². The van der Waals surface area contributed by atoms with Crippen molar-refractivity contribution in [3.8, 4) is 0 Å². The third kappa shape index (κ3) is 2.75. The molecule has 0 bridgehead atoms. The van der Waals surface area contributed by atoms with Gasteiger partial charge in [-0.1, -0.05) is 29.8 Å². The number of rotatable bonds is 2. The van der Waals surface area contributed by atoms with E-state index in [0.29, 0.717) is 0 Å². The van der Waals surface area contributed by atoms with Gasteiger partial charge in [0, 0.05) is 29.5 Å². The normalized spacial score (nSPS) is 14.8. The van der Waals surface area contributed by atoms with Crippen molar-refractivity contribution >= 4 is 23.0 Å². The number of fused-ring (bicyclic) bond motifs is 1. The number of hydrogen-bond acceptors (Lipinski definition) is 2. The number of nitrogens with zero attached hydrogens (tertiary/aromatic N) is 1. The van der Waals surface area contributed by atoms with Gasteiger partial charge in [-0.3, -0.25) is 0 Å². The van der Waals surface area contributed by atoms with Gasteiger partial charge < -0.3 is 10.6 Å². The highest BCUT2D eigenvalue weighted by molar-refractivity contribution is 6.30. The van der Waals surface area contributed by atoms with E-state index < -0.39 is 0 Å². The van der Waals surface area contributed by atoms with Crippen molar-refractivity contribution in [3.05, 3.63) is 58.6 Å². The fraction of sp³-hybridized carbons (Fsp3) is 0.294. The van der Waals surface area contributed by atoms with Gasteiger partial charge in [-0.05, 0) is 54.7 Å². The van der Waals surface area contributed by atoms with Gasteiger partial charge in [0.2, 0.25) is 0 Å². The van der Waals surface area contributed by atoms with Crippen LogP contribution >= 0.6 is 11.6 Å². The maximum atomic E-state index is 6.09. The lowest BCUT2D eigenvalue weighted by Crippen LogP contribution is -2.24. The fourth-order valence-electron chi connectivity index (χ4n) is 2.85. The third-order valence-electron chi connectivity index (χ3n) is 3.92. The Balaban J connectivity index is 1.92. The average molecular weight is 287 g/mol. The smallest absolute Gasteiger partial charge is 0.0450 e. The van der Waals surface area contributed by atoms with Crippen LogP contribution in [-0.2, 0) is 13.0 Å². The molecule has 0 radical (unpaired) electrons. The second-order valence-electron chi connectivity index (χ2n) is 5.35. The Morgan fingerprint density at radius 1 is 1.10 bits per heavy atom. The molecular weight excluding hydrogens is 268 g/mol. The lowest BCUT2D eigenvalue weighted by atomic mass is 10.1. The van der Waals surface area contributed by atoms with E-state index in [1.807, 2.05) is 18.2 Å². The molecule has 2 nitrogen and oxygen atoms in total. The molecule has 0 fully saturated rings. The van der Waals surface area contributed by atoms with Crippen molar-refractivity contribution in [2.45, 2.75) is 25.8 Å². The predicted molar refractivity (Wildman–Crippen MR) is 86.3 cm³/mol. The SMILES string of the molecule is Nc1ccc(Cl)cc1CN1CCCCc2ccccc21. The number of halogens is 1. The van der Waals surface area contributed by atoms with E-state index in [0.717, 1.165) is 35.8 Å². The summed E-state index contributed by atoms with van der Waals surface area (Å²) in [7, 11) is 0. The standard InChI is InChI=1S/C17H19ClN2/c18-15-8-9-16(19)14(11-15)12-20-10-4-3-6-13-5-1-2-7-17(13)20/h1-2,5,7-9,11H,3-4,6,10,12,19H2. The van der Waals surface area contributed by atoms with Gasteiger partial charge in [-0.15, -0.1) is 0 Å². The lowest BCUT2D eigenvalue weighted by molar-refractivity contribution is 0.715. The molecule has 1 aliphatic rings. The largest absolute Gasteiger partial charge is 0.398 e. The maximum Gasteiger partial charge on any atom is 0.0450 e. The van der Waals surface area contributed by atoms with Crippen LogP contribution in [0.2, 0.25) is 5.02 Å². The van der Waals surface area contributed by atoms with Gasteiger partial charge in [-0.2, -0.15) is 0 Å². The van der Waals surface area contributed by atoms with Crippen LogP contribution in [0.5, 0.6) is 0 Å². The Morgan fingerprint density at radius 2 is 1.95 bits per heavy atom. The summed E-state index contributed by atoms with van der Waals surface area (Å²) in [5, 5.41) is 0.748. The van der Waals surface area contributed by atoms with Crippen molar-refractivity contribution < 1.29 is 0 Å². The lowest BCUT2D eigenvalue weighted by Gasteiger charge is -2.25. The average Bonchev–Trinajstić information content (AvgIpc) is 2.66. The van der Waals surface area contributed by atoms with Gasteiger partial charge in [0.15, 0.2) is 0 Å². The minimum absolute atomic E-state index is 0.748. The summed E-state index contributed by atoms with van der Waals surface area (Å²) in [6, 6.07) is 14.4. The number of nitrogen functional groups attached to an aromatic ring is 1. The van der Waals surface area contributed by atoms with Crippen LogP contribution in [0.1, 0.15) is 24.0 Å². The van der Waals surface area contributed by atoms with Crippen LogP contribution in [0.4, 0.5) is 11.4 Å². The van der Waals surface area contributed by atoms with Crippen LogP contribution in [0, 0.1) is 0 Å². The van der Waals surface area contributed by atoms with Gasteiger partial charge in [0.25, 0.3) is 0 Å². The molecule has 2 aromatic rings. The van der Waals surface area contributed by atoms with E-state index in [4.69, 9.17) is 17.3 Å². The summed E-state index contributed by atoms with van der Waals surface area (Å²) in [6.45, 7) is 1.90. The summed E-state index contributed by atoms with van der Waals surface area (Å²) in [5.41, 5.74) is 10.8. The first-order valence-corrected chi connectivity index (χ1v) is 7.48. The summed E-state index contributed by atoms with van der Waals surface area (Å²) in [6.07, 6.45) is 3.63. The summed E-state index contributed by atoms with van der Waals surface area (Å²) in [4.78, 5) is 2.42. The predicted octanol–water partition coefficient (Wildman–Crippen LogP) is 4.27.